The van der Waals surface area contributed by atoms with Gasteiger partial charge in [0, 0.05) is 45.4 Å². The van der Waals surface area contributed by atoms with Crippen molar-refractivity contribution < 1.29 is 14.1 Å². The number of carbonyl (C=O) groups is 2. The summed E-state index contributed by atoms with van der Waals surface area (Å²) in [5.74, 6) is 1.53. The Labute approximate surface area is 146 Å². The molecule has 25 heavy (non-hydrogen) atoms. The van der Waals surface area contributed by atoms with Crippen molar-refractivity contribution >= 4 is 23.5 Å². The van der Waals surface area contributed by atoms with Gasteiger partial charge in [0.25, 0.3) is 0 Å². The van der Waals surface area contributed by atoms with Crippen LogP contribution < -0.4 is 9.80 Å². The molecule has 8 nitrogen and oxygen atoms in total. The highest BCUT2D eigenvalue weighted by atomic mass is 16.5. The highest BCUT2D eigenvalue weighted by Gasteiger charge is 2.26. The summed E-state index contributed by atoms with van der Waals surface area (Å²) >= 11 is 0. The Hall–Kier alpha value is -2.90. The van der Waals surface area contributed by atoms with Crippen molar-refractivity contribution in [3.8, 4) is 0 Å². The van der Waals surface area contributed by atoms with E-state index in [1.165, 1.54) is 11.8 Å². The van der Waals surface area contributed by atoms with Gasteiger partial charge in [-0.3, -0.25) is 14.5 Å². The monoisotopic (exact) mass is 343 g/mol. The first-order valence-corrected chi connectivity index (χ1v) is 8.20. The van der Waals surface area contributed by atoms with E-state index in [1.807, 2.05) is 18.2 Å². The smallest absolute Gasteiger partial charge is 0.242 e. The lowest BCUT2D eigenvalue weighted by Crippen LogP contribution is -2.52. The lowest BCUT2D eigenvalue weighted by Gasteiger charge is -2.36. The fourth-order valence-electron chi connectivity index (χ4n) is 2.80. The molecule has 2 amide bonds. The average Bonchev–Trinajstić information content (AvgIpc) is 3.06. The maximum Gasteiger partial charge on any atom is 0.242 e. The Balaban J connectivity index is 1.59. The Morgan fingerprint density at radius 3 is 2.56 bits per heavy atom. The molecule has 0 radical (unpaired) electrons. The molecule has 2 aromatic heterocycles. The van der Waals surface area contributed by atoms with Crippen LogP contribution >= 0.6 is 0 Å². The standard InChI is InChI=1S/C17H21N5O3/c1-13-11-16(19-25-13)22(14(2)23)12-17(24)21-9-7-20(8-10-21)15-5-3-4-6-18-15/h3-6,11H,7-10,12H2,1-2H3. The molecular formula is C17H21N5O3. The van der Waals surface area contributed by atoms with E-state index in [-0.39, 0.29) is 18.4 Å². The molecule has 1 aliphatic heterocycles. The Morgan fingerprint density at radius 1 is 1.24 bits per heavy atom. The van der Waals surface area contributed by atoms with Crippen molar-refractivity contribution in [3.05, 3.63) is 36.2 Å². The van der Waals surface area contributed by atoms with Crippen molar-refractivity contribution in [2.75, 3.05) is 42.5 Å². The van der Waals surface area contributed by atoms with Gasteiger partial charge in [0.05, 0.1) is 0 Å². The summed E-state index contributed by atoms with van der Waals surface area (Å²) in [5.41, 5.74) is 0. The van der Waals surface area contributed by atoms with Crippen LogP contribution in [-0.4, -0.2) is 59.6 Å². The molecule has 3 rings (SSSR count). The third-order valence-electron chi connectivity index (χ3n) is 4.17. The third kappa shape index (κ3) is 3.96. The summed E-state index contributed by atoms with van der Waals surface area (Å²) < 4.78 is 5.00. The largest absolute Gasteiger partial charge is 0.360 e. The molecule has 0 N–H and O–H groups in total. The van der Waals surface area contributed by atoms with Crippen LogP contribution in [0.5, 0.6) is 0 Å². The number of aryl methyl sites for hydroxylation is 1. The lowest BCUT2D eigenvalue weighted by molar-refractivity contribution is -0.131. The van der Waals surface area contributed by atoms with Crippen LogP contribution in [0.1, 0.15) is 12.7 Å². The number of hydrogen-bond acceptors (Lipinski definition) is 6. The van der Waals surface area contributed by atoms with E-state index in [9.17, 15) is 9.59 Å². The van der Waals surface area contributed by atoms with E-state index in [1.54, 1.807) is 24.1 Å². The van der Waals surface area contributed by atoms with Gasteiger partial charge in [0.15, 0.2) is 5.82 Å². The van der Waals surface area contributed by atoms with Gasteiger partial charge in [-0.25, -0.2) is 4.98 Å². The second kappa shape index (κ2) is 7.33. The topological polar surface area (TPSA) is 82.8 Å². The minimum atomic E-state index is -0.242. The predicted molar refractivity (Wildman–Crippen MR) is 92.3 cm³/mol. The predicted octanol–water partition coefficient (Wildman–Crippen LogP) is 1.08. The normalized spacial score (nSPS) is 14.5. The number of rotatable bonds is 4. The molecule has 0 atom stereocenters. The quantitative estimate of drug-likeness (QED) is 0.826. The minimum Gasteiger partial charge on any atom is -0.360 e. The number of aromatic nitrogens is 2. The summed E-state index contributed by atoms with van der Waals surface area (Å²) in [6.07, 6.45) is 1.76. The Bertz CT molecular complexity index is 738. The molecule has 3 heterocycles. The maximum absolute atomic E-state index is 12.6. The first-order chi connectivity index (χ1) is 12.0. The number of piperazine rings is 1. The van der Waals surface area contributed by atoms with Crippen LogP contribution in [0, 0.1) is 6.92 Å². The van der Waals surface area contributed by atoms with Gasteiger partial charge < -0.3 is 14.3 Å². The molecular weight excluding hydrogens is 322 g/mol. The molecule has 0 aromatic carbocycles. The Morgan fingerprint density at radius 2 is 2.00 bits per heavy atom. The Kier molecular flexibility index (Phi) is 4.97. The van der Waals surface area contributed by atoms with E-state index >= 15 is 0 Å². The molecule has 0 saturated carbocycles. The van der Waals surface area contributed by atoms with Crippen molar-refractivity contribution in [3.63, 3.8) is 0 Å². The molecule has 0 unspecified atom stereocenters. The number of carbonyl (C=O) groups excluding carboxylic acids is 2. The van der Waals surface area contributed by atoms with Crippen molar-refractivity contribution in [1.82, 2.24) is 15.0 Å². The SMILES string of the molecule is CC(=O)N(CC(=O)N1CCN(c2ccccn2)CC1)c1cc(C)on1. The molecule has 0 bridgehead atoms. The van der Waals surface area contributed by atoms with E-state index in [0.717, 1.165) is 5.82 Å². The highest BCUT2D eigenvalue weighted by molar-refractivity contribution is 5.96. The second-order valence-corrected chi connectivity index (χ2v) is 5.96. The summed E-state index contributed by atoms with van der Waals surface area (Å²) in [4.78, 5) is 34.0. The summed E-state index contributed by atoms with van der Waals surface area (Å²) in [6.45, 7) is 5.74. The summed E-state index contributed by atoms with van der Waals surface area (Å²) in [7, 11) is 0. The van der Waals surface area contributed by atoms with Crippen molar-refractivity contribution in [2.24, 2.45) is 0 Å². The third-order valence-corrected chi connectivity index (χ3v) is 4.17. The van der Waals surface area contributed by atoms with Gasteiger partial charge in [-0.2, -0.15) is 0 Å². The zero-order valence-electron chi connectivity index (χ0n) is 14.4. The first kappa shape index (κ1) is 16.9. The molecule has 0 aliphatic carbocycles. The van der Waals surface area contributed by atoms with Gasteiger partial charge in [0.1, 0.15) is 18.1 Å². The molecule has 1 saturated heterocycles. The number of amides is 2. The lowest BCUT2D eigenvalue weighted by atomic mass is 10.3. The average molecular weight is 343 g/mol. The van der Waals surface area contributed by atoms with E-state index < -0.39 is 0 Å². The van der Waals surface area contributed by atoms with E-state index in [2.05, 4.69) is 15.0 Å². The van der Waals surface area contributed by atoms with Crippen LogP contribution in [0.25, 0.3) is 0 Å². The molecule has 1 fully saturated rings. The zero-order valence-corrected chi connectivity index (χ0v) is 14.4. The maximum atomic E-state index is 12.6. The number of anilines is 2. The summed E-state index contributed by atoms with van der Waals surface area (Å²) in [5, 5.41) is 3.83. The summed E-state index contributed by atoms with van der Waals surface area (Å²) in [6, 6.07) is 7.44. The van der Waals surface area contributed by atoms with Crippen LogP contribution in [0.15, 0.2) is 35.0 Å². The molecule has 132 valence electrons. The molecule has 8 heteroatoms. The fourth-order valence-corrected chi connectivity index (χ4v) is 2.80. The second-order valence-electron chi connectivity index (χ2n) is 5.96. The van der Waals surface area contributed by atoms with Crippen LogP contribution in [-0.2, 0) is 9.59 Å². The molecule has 0 spiro atoms. The molecule has 1 aliphatic rings. The first-order valence-electron chi connectivity index (χ1n) is 8.20. The van der Waals surface area contributed by atoms with Crippen molar-refractivity contribution in [1.29, 1.82) is 0 Å². The van der Waals surface area contributed by atoms with Gasteiger partial charge in [0.2, 0.25) is 11.8 Å². The number of hydrogen-bond donors (Lipinski definition) is 0. The zero-order chi connectivity index (χ0) is 17.8. The molecule has 2 aromatic rings. The number of nitrogens with zero attached hydrogens (tertiary/aromatic N) is 5. The highest BCUT2D eigenvalue weighted by Crippen LogP contribution is 2.16. The fraction of sp³-hybridized carbons (Fsp3) is 0.412. The van der Waals surface area contributed by atoms with Crippen LogP contribution in [0.2, 0.25) is 0 Å². The van der Waals surface area contributed by atoms with Crippen LogP contribution in [0.4, 0.5) is 11.6 Å². The van der Waals surface area contributed by atoms with Crippen LogP contribution in [0.3, 0.4) is 0 Å². The van der Waals surface area contributed by atoms with Crippen molar-refractivity contribution in [2.45, 2.75) is 13.8 Å². The van der Waals surface area contributed by atoms with Gasteiger partial charge in [-0.1, -0.05) is 11.2 Å². The van der Waals surface area contributed by atoms with E-state index in [0.29, 0.717) is 37.8 Å². The minimum absolute atomic E-state index is 0.0368. The van der Waals surface area contributed by atoms with Gasteiger partial charge in [-0.05, 0) is 19.1 Å². The van der Waals surface area contributed by atoms with Gasteiger partial charge in [-0.15, -0.1) is 0 Å². The van der Waals surface area contributed by atoms with Gasteiger partial charge >= 0.3 is 0 Å². The van der Waals surface area contributed by atoms with E-state index in [4.69, 9.17) is 4.52 Å². The number of pyridine rings is 1.